The van der Waals surface area contributed by atoms with Crippen molar-refractivity contribution < 1.29 is 49.5 Å². The van der Waals surface area contributed by atoms with Gasteiger partial charge in [0.15, 0.2) is 0 Å². The zero-order valence-corrected chi connectivity index (χ0v) is 15.5. The van der Waals surface area contributed by atoms with Gasteiger partial charge in [0.1, 0.15) is 0 Å². The van der Waals surface area contributed by atoms with Crippen LogP contribution in [0.3, 0.4) is 0 Å². The first-order chi connectivity index (χ1) is 6.96. The van der Waals surface area contributed by atoms with Crippen LogP contribution in [0.5, 0.6) is 0 Å². The predicted octanol–water partition coefficient (Wildman–Crippen LogP) is -1.64. The normalized spacial score (nSPS) is 18.5. The molecule has 0 aromatic carbocycles. The van der Waals surface area contributed by atoms with Crippen molar-refractivity contribution in [3.05, 3.63) is 37.7 Å². The molecule has 1 heterocycles. The maximum atomic E-state index is 2.36. The Morgan fingerprint density at radius 1 is 1.18 bits per heavy atom. The summed E-state index contributed by atoms with van der Waals surface area (Å²) in [5.41, 5.74) is 4.95. The number of halogens is 2. The predicted molar refractivity (Wildman–Crippen MR) is 65.0 cm³/mol. The van der Waals surface area contributed by atoms with Gasteiger partial charge in [-0.15, -0.1) is 0 Å². The summed E-state index contributed by atoms with van der Waals surface area (Å²) in [6, 6.07) is 4.48. The summed E-state index contributed by atoms with van der Waals surface area (Å²) in [6.07, 6.45) is 0. The van der Waals surface area contributed by atoms with Crippen molar-refractivity contribution in [1.82, 2.24) is 0 Å². The van der Waals surface area contributed by atoms with Crippen LogP contribution in [-0.4, -0.2) is 0 Å². The smallest absolute Gasteiger partial charge is 1.00 e. The maximum Gasteiger partial charge on any atom is -1.00 e. The van der Waals surface area contributed by atoms with E-state index < -0.39 is 0 Å². The third kappa shape index (κ3) is 2.84. The molecule has 1 aliphatic rings. The largest absolute Gasteiger partial charge is 1.00 e. The Kier molecular flexibility index (Phi) is 6.51. The zero-order chi connectivity index (χ0) is 11.2. The SMILES string of the molecule is CC1=C(C)C(C)(C)[C]([Zr+2])=C1c1ccc[pH]1.[Cl-].[Cl-]. The van der Waals surface area contributed by atoms with E-state index in [4.69, 9.17) is 0 Å². The Morgan fingerprint density at radius 3 is 2.12 bits per heavy atom. The summed E-state index contributed by atoms with van der Waals surface area (Å²) in [7, 11) is 0.874. The van der Waals surface area contributed by atoms with Crippen LogP contribution >= 0.6 is 8.19 Å². The number of rotatable bonds is 1. The Bertz CT molecular complexity index is 456. The van der Waals surface area contributed by atoms with Crippen LogP contribution < -0.4 is 24.8 Å². The summed E-state index contributed by atoms with van der Waals surface area (Å²) in [5.74, 6) is 2.28. The van der Waals surface area contributed by atoms with E-state index >= 15 is 0 Å². The van der Waals surface area contributed by atoms with Crippen molar-refractivity contribution in [3.8, 4) is 0 Å². The fourth-order valence-corrected chi connectivity index (χ4v) is 4.75. The van der Waals surface area contributed by atoms with E-state index in [0.717, 1.165) is 8.19 Å². The summed E-state index contributed by atoms with van der Waals surface area (Å²) < 4.78 is 1.63. The molecule has 91 valence electrons. The van der Waals surface area contributed by atoms with E-state index in [1.165, 1.54) is 5.57 Å². The van der Waals surface area contributed by atoms with Crippen molar-refractivity contribution in [2.24, 2.45) is 5.41 Å². The first-order valence-electron chi connectivity index (χ1n) is 5.24. The van der Waals surface area contributed by atoms with Crippen LogP contribution in [0.2, 0.25) is 0 Å². The van der Waals surface area contributed by atoms with Gasteiger partial charge in [0.25, 0.3) is 0 Å². The van der Waals surface area contributed by atoms with Crippen molar-refractivity contribution in [2.45, 2.75) is 27.7 Å². The van der Waals surface area contributed by atoms with E-state index in [1.807, 2.05) is 0 Å². The molecule has 0 aliphatic heterocycles. The van der Waals surface area contributed by atoms with Gasteiger partial charge >= 0.3 is 109 Å². The quantitative estimate of drug-likeness (QED) is 0.560. The van der Waals surface area contributed by atoms with Crippen LogP contribution in [0.4, 0.5) is 0 Å². The summed E-state index contributed by atoms with van der Waals surface area (Å²) in [5, 5.41) is 1.55. The van der Waals surface area contributed by atoms with Crippen LogP contribution in [0.1, 0.15) is 33.0 Å². The second-order valence-electron chi connectivity index (χ2n) is 4.71. The van der Waals surface area contributed by atoms with Crippen molar-refractivity contribution in [1.29, 1.82) is 0 Å². The van der Waals surface area contributed by atoms with Crippen molar-refractivity contribution in [2.75, 3.05) is 0 Å². The van der Waals surface area contributed by atoms with Gasteiger partial charge in [-0.1, -0.05) is 0 Å². The molecule has 0 fully saturated rings. The van der Waals surface area contributed by atoms with Gasteiger partial charge in [0.05, 0.1) is 0 Å². The first kappa shape index (κ1) is 17.7. The molecule has 4 heteroatoms. The molecule has 1 aromatic heterocycles. The Morgan fingerprint density at radius 2 is 1.76 bits per heavy atom. The summed E-state index contributed by atoms with van der Waals surface area (Å²) >= 11 is 1.57. The maximum absolute atomic E-state index is 2.36. The number of hydrogen-bond acceptors (Lipinski definition) is 0. The molecule has 0 radical (unpaired) electrons. The third-order valence-corrected chi connectivity index (χ3v) is 6.85. The van der Waals surface area contributed by atoms with Gasteiger partial charge in [0.2, 0.25) is 0 Å². The minimum atomic E-state index is 0. The molecule has 1 aromatic rings. The van der Waals surface area contributed by atoms with Gasteiger partial charge in [-0.2, -0.15) is 0 Å². The molecular formula is C13H16Cl2PZr. The van der Waals surface area contributed by atoms with Gasteiger partial charge < -0.3 is 24.8 Å². The zero-order valence-electron chi connectivity index (χ0n) is 10.5. The van der Waals surface area contributed by atoms with Crippen LogP contribution in [0.15, 0.2) is 32.4 Å². The molecule has 0 nitrogen and oxygen atoms in total. The minimum absolute atomic E-state index is 0. The van der Waals surface area contributed by atoms with Gasteiger partial charge in [-0.05, 0) is 0 Å². The Balaban J connectivity index is 0.00000128. The topological polar surface area (TPSA) is 0 Å². The average Bonchev–Trinajstić information content (AvgIpc) is 2.73. The first-order valence-corrected chi connectivity index (χ1v) is 7.55. The molecule has 0 amide bonds. The molecule has 1 atom stereocenters. The van der Waals surface area contributed by atoms with Gasteiger partial charge in [0, 0.05) is 0 Å². The van der Waals surface area contributed by atoms with Crippen LogP contribution in [0, 0.1) is 5.41 Å². The fraction of sp³-hybridized carbons (Fsp3) is 0.385. The van der Waals surface area contributed by atoms with Gasteiger partial charge in [-0.25, -0.2) is 0 Å². The molecule has 0 N–H and O–H groups in total. The molecule has 0 bridgehead atoms. The standard InChI is InChI=1S/C13H16P.2ClH.Zr/c1-9-10(2)13(3,4)8-11(9)12-6-5-7-14-12;;;/h5-7,14H,1-4H3;2*1H;/q;;;+2/p-2. The van der Waals surface area contributed by atoms with E-state index in [9.17, 15) is 0 Å². The van der Waals surface area contributed by atoms with E-state index in [2.05, 4.69) is 45.6 Å². The minimum Gasteiger partial charge on any atom is -1.00 e. The Hall–Kier alpha value is 0.723. The van der Waals surface area contributed by atoms with Crippen molar-refractivity contribution >= 4 is 13.8 Å². The molecule has 17 heavy (non-hydrogen) atoms. The van der Waals surface area contributed by atoms with Crippen LogP contribution in [0.25, 0.3) is 5.57 Å². The van der Waals surface area contributed by atoms with E-state index in [0.29, 0.717) is 5.41 Å². The number of hydrogen-bond donors (Lipinski definition) is 0. The van der Waals surface area contributed by atoms with E-state index in [-0.39, 0.29) is 24.8 Å². The Labute approximate surface area is 133 Å². The second-order valence-corrected chi connectivity index (χ2v) is 7.10. The summed E-state index contributed by atoms with van der Waals surface area (Å²) in [6.45, 7) is 9.29. The fourth-order valence-electron chi connectivity index (χ4n) is 2.17. The molecule has 2 rings (SSSR count). The molecule has 1 aliphatic carbocycles. The molecule has 0 spiro atoms. The average molecular weight is 365 g/mol. The molecular weight excluding hydrogens is 349 g/mol. The van der Waals surface area contributed by atoms with E-state index in [1.54, 1.807) is 44.4 Å². The summed E-state index contributed by atoms with van der Waals surface area (Å²) in [4.78, 5) is 0. The molecule has 0 saturated heterocycles. The monoisotopic (exact) mass is 363 g/mol. The number of allylic oxidation sites excluding steroid dienone is 4. The van der Waals surface area contributed by atoms with Gasteiger partial charge in [-0.3, -0.25) is 0 Å². The van der Waals surface area contributed by atoms with Crippen molar-refractivity contribution in [3.63, 3.8) is 0 Å². The second kappa shape index (κ2) is 6.25. The van der Waals surface area contributed by atoms with Crippen LogP contribution in [-0.2, 0) is 24.7 Å². The third-order valence-electron chi connectivity index (χ3n) is 3.62. The molecule has 0 saturated carbocycles. The molecule has 1 unspecified atom stereocenters.